The molecule has 2 nitrogen and oxygen atoms in total. The molecule has 3 heteroatoms. The number of nitrogens with two attached hydrogens (primary N) is 1. The quantitative estimate of drug-likeness (QED) is 0.791. The van der Waals surface area contributed by atoms with Crippen molar-refractivity contribution >= 4 is 22.5 Å². The molecule has 2 N–H and O–H groups in total. The van der Waals surface area contributed by atoms with Crippen LogP contribution in [-0.4, -0.2) is 4.57 Å². The van der Waals surface area contributed by atoms with Crippen LogP contribution in [0.15, 0.2) is 12.1 Å². The highest BCUT2D eigenvalue weighted by atomic mass is 35.5. The van der Waals surface area contributed by atoms with Gasteiger partial charge < -0.3 is 10.3 Å². The Morgan fingerprint density at radius 3 is 2.60 bits per heavy atom. The number of hydrogen-bond donors (Lipinski definition) is 1. The third kappa shape index (κ3) is 1.45. The fraction of sp³-hybridized carbons (Fsp3) is 0.333. The summed E-state index contributed by atoms with van der Waals surface area (Å²) >= 11 is 6.25. The van der Waals surface area contributed by atoms with E-state index in [9.17, 15) is 0 Å². The molecule has 15 heavy (non-hydrogen) atoms. The first-order valence-corrected chi connectivity index (χ1v) is 5.38. The van der Waals surface area contributed by atoms with Crippen LogP contribution in [0.1, 0.15) is 16.8 Å². The van der Waals surface area contributed by atoms with E-state index in [2.05, 4.69) is 17.6 Å². The summed E-state index contributed by atoms with van der Waals surface area (Å²) < 4.78 is 2.11. The molecule has 0 atom stereocenters. The van der Waals surface area contributed by atoms with Gasteiger partial charge in [-0.2, -0.15) is 0 Å². The largest absolute Gasteiger partial charge is 0.346 e. The number of hydrogen-bond acceptors (Lipinski definition) is 1. The van der Waals surface area contributed by atoms with Gasteiger partial charge in [-0.1, -0.05) is 11.6 Å². The Hall–Kier alpha value is -0.990. The number of benzene rings is 1. The summed E-state index contributed by atoms with van der Waals surface area (Å²) in [6.45, 7) is 4.69. The minimum Gasteiger partial charge on any atom is -0.346 e. The first kappa shape index (κ1) is 10.5. The predicted octanol–water partition coefficient (Wildman–Crippen LogP) is 2.91. The summed E-state index contributed by atoms with van der Waals surface area (Å²) in [5, 5.41) is 1.98. The van der Waals surface area contributed by atoms with E-state index in [-0.39, 0.29) is 0 Å². The Bertz CT molecular complexity index is 526. The minimum atomic E-state index is 0.558. The van der Waals surface area contributed by atoms with Crippen molar-refractivity contribution in [2.45, 2.75) is 20.4 Å². The molecule has 0 amide bonds. The Morgan fingerprint density at radius 1 is 1.33 bits per heavy atom. The van der Waals surface area contributed by atoms with Crippen LogP contribution < -0.4 is 5.73 Å². The molecule has 2 rings (SSSR count). The second-order valence-corrected chi connectivity index (χ2v) is 4.38. The maximum atomic E-state index is 6.25. The van der Waals surface area contributed by atoms with Crippen LogP contribution in [0.25, 0.3) is 10.9 Å². The third-order valence-corrected chi connectivity index (χ3v) is 3.30. The number of fused-ring (bicyclic) bond motifs is 1. The highest BCUT2D eigenvalue weighted by Gasteiger charge is 2.13. The van der Waals surface area contributed by atoms with Crippen LogP contribution in [0, 0.1) is 13.8 Å². The first-order chi connectivity index (χ1) is 7.06. The minimum absolute atomic E-state index is 0.558. The van der Waals surface area contributed by atoms with Crippen LogP contribution in [0.4, 0.5) is 0 Å². The molecule has 80 valence electrons. The van der Waals surface area contributed by atoms with E-state index in [4.69, 9.17) is 17.3 Å². The van der Waals surface area contributed by atoms with Gasteiger partial charge >= 0.3 is 0 Å². The molecule has 1 aromatic carbocycles. The summed E-state index contributed by atoms with van der Waals surface area (Å²) in [6.07, 6.45) is 0. The lowest BCUT2D eigenvalue weighted by Crippen LogP contribution is -1.99. The van der Waals surface area contributed by atoms with Gasteiger partial charge in [-0.25, -0.2) is 0 Å². The SMILES string of the molecule is Cc1cc(Cl)c2c(c1)c(CN)c(C)n2C. The zero-order valence-electron chi connectivity index (χ0n) is 9.26. The zero-order chi connectivity index (χ0) is 11.2. The second-order valence-electron chi connectivity index (χ2n) is 3.97. The first-order valence-electron chi connectivity index (χ1n) is 5.00. The van der Waals surface area contributed by atoms with Gasteiger partial charge in [0.15, 0.2) is 0 Å². The average molecular weight is 223 g/mol. The molecule has 2 aromatic rings. The maximum absolute atomic E-state index is 6.25. The van der Waals surface area contributed by atoms with Gasteiger partial charge in [0, 0.05) is 24.7 Å². The highest BCUT2D eigenvalue weighted by Crippen LogP contribution is 2.31. The van der Waals surface area contributed by atoms with Crippen LogP contribution in [-0.2, 0) is 13.6 Å². The van der Waals surface area contributed by atoms with Crippen LogP contribution >= 0.6 is 11.6 Å². The average Bonchev–Trinajstić information content (AvgIpc) is 2.39. The molecular formula is C12H15ClN2. The van der Waals surface area contributed by atoms with Crippen molar-refractivity contribution in [3.05, 3.63) is 34.0 Å². The van der Waals surface area contributed by atoms with Crippen molar-refractivity contribution < 1.29 is 0 Å². The predicted molar refractivity (Wildman–Crippen MR) is 65.3 cm³/mol. The molecule has 1 aromatic heterocycles. The van der Waals surface area contributed by atoms with Gasteiger partial charge in [0.05, 0.1) is 10.5 Å². The third-order valence-electron chi connectivity index (χ3n) is 3.01. The Morgan fingerprint density at radius 2 is 2.00 bits per heavy atom. The zero-order valence-corrected chi connectivity index (χ0v) is 10.0. The Kier molecular flexibility index (Phi) is 2.49. The van der Waals surface area contributed by atoms with E-state index in [0.29, 0.717) is 6.54 Å². The van der Waals surface area contributed by atoms with Gasteiger partial charge in [-0.3, -0.25) is 0 Å². The van der Waals surface area contributed by atoms with Gasteiger partial charge in [0.25, 0.3) is 0 Å². The van der Waals surface area contributed by atoms with E-state index in [1.807, 2.05) is 20.0 Å². The van der Waals surface area contributed by atoms with Gasteiger partial charge in [0.1, 0.15) is 0 Å². The number of aromatic nitrogens is 1. The smallest absolute Gasteiger partial charge is 0.0672 e. The van der Waals surface area contributed by atoms with Crippen molar-refractivity contribution in [2.24, 2.45) is 12.8 Å². The van der Waals surface area contributed by atoms with E-state index in [0.717, 1.165) is 10.5 Å². The summed E-state index contributed by atoms with van der Waals surface area (Å²) in [7, 11) is 2.03. The van der Waals surface area contributed by atoms with Gasteiger partial charge in [-0.05, 0) is 37.1 Å². The van der Waals surface area contributed by atoms with Crippen LogP contribution in [0.2, 0.25) is 5.02 Å². The number of halogens is 1. The van der Waals surface area contributed by atoms with E-state index < -0.39 is 0 Å². The van der Waals surface area contributed by atoms with Gasteiger partial charge in [0.2, 0.25) is 0 Å². The van der Waals surface area contributed by atoms with Crippen molar-refractivity contribution in [3.8, 4) is 0 Å². The molecule has 0 saturated carbocycles. The van der Waals surface area contributed by atoms with E-state index in [1.54, 1.807) is 0 Å². The van der Waals surface area contributed by atoms with Crippen molar-refractivity contribution in [1.82, 2.24) is 4.57 Å². The standard InChI is InChI=1S/C12H15ClN2/c1-7-4-9-10(6-14)8(2)15(3)12(9)11(13)5-7/h4-5H,6,14H2,1-3H3. The molecule has 1 heterocycles. The molecule has 0 bridgehead atoms. The topological polar surface area (TPSA) is 30.9 Å². The Labute approximate surface area is 94.6 Å². The lowest BCUT2D eigenvalue weighted by Gasteiger charge is -2.01. The van der Waals surface area contributed by atoms with Crippen molar-refractivity contribution in [2.75, 3.05) is 0 Å². The molecular weight excluding hydrogens is 208 g/mol. The molecule has 0 aliphatic carbocycles. The van der Waals surface area contributed by atoms with E-state index >= 15 is 0 Å². The molecule has 0 radical (unpaired) electrons. The summed E-state index contributed by atoms with van der Waals surface area (Å²) in [4.78, 5) is 0. The fourth-order valence-corrected chi connectivity index (χ4v) is 2.53. The molecule has 0 fully saturated rings. The van der Waals surface area contributed by atoms with Crippen LogP contribution in [0.3, 0.4) is 0 Å². The molecule has 0 aliphatic heterocycles. The summed E-state index contributed by atoms with van der Waals surface area (Å²) in [5.41, 5.74) is 10.4. The van der Waals surface area contributed by atoms with Gasteiger partial charge in [-0.15, -0.1) is 0 Å². The molecule has 0 aliphatic rings. The monoisotopic (exact) mass is 222 g/mol. The fourth-order valence-electron chi connectivity index (χ4n) is 2.13. The molecule has 0 unspecified atom stereocenters. The Balaban J connectivity index is 2.97. The normalized spacial score (nSPS) is 11.3. The maximum Gasteiger partial charge on any atom is 0.0672 e. The van der Waals surface area contributed by atoms with Crippen molar-refractivity contribution in [3.63, 3.8) is 0 Å². The lowest BCUT2D eigenvalue weighted by molar-refractivity contribution is 0.894. The summed E-state index contributed by atoms with van der Waals surface area (Å²) in [5.74, 6) is 0. The summed E-state index contributed by atoms with van der Waals surface area (Å²) in [6, 6.07) is 4.14. The van der Waals surface area contributed by atoms with Crippen molar-refractivity contribution in [1.29, 1.82) is 0 Å². The molecule has 0 saturated heterocycles. The number of nitrogens with zero attached hydrogens (tertiary/aromatic N) is 1. The highest BCUT2D eigenvalue weighted by molar-refractivity contribution is 6.35. The van der Waals surface area contributed by atoms with E-state index in [1.165, 1.54) is 22.2 Å². The number of rotatable bonds is 1. The second kappa shape index (κ2) is 3.54. The molecule has 0 spiro atoms. The lowest BCUT2D eigenvalue weighted by atomic mass is 10.1. The number of aryl methyl sites for hydroxylation is 2. The van der Waals surface area contributed by atoms with Crippen LogP contribution in [0.5, 0.6) is 0 Å².